The Morgan fingerprint density at radius 2 is 2.04 bits per heavy atom. The van der Waals surface area contributed by atoms with Crippen LogP contribution < -0.4 is 0 Å². The molecule has 6 nitrogen and oxygen atoms in total. The molecule has 0 fully saturated rings. The molecule has 0 spiro atoms. The molecule has 0 aliphatic carbocycles. The summed E-state index contributed by atoms with van der Waals surface area (Å²) in [6, 6.07) is 11.1. The lowest BCUT2D eigenvalue weighted by atomic mass is 10.0. The lowest BCUT2D eigenvalue weighted by Gasteiger charge is -2.26. The summed E-state index contributed by atoms with van der Waals surface area (Å²) in [7, 11) is -3.47. The third-order valence-corrected chi connectivity index (χ3v) is 7.28. The summed E-state index contributed by atoms with van der Waals surface area (Å²) in [5.41, 5.74) is 1.53. The molecule has 4 rings (SSSR count). The summed E-state index contributed by atoms with van der Waals surface area (Å²) in [5, 5.41) is 9.96. The van der Waals surface area contributed by atoms with Crippen molar-refractivity contribution in [2.75, 3.05) is 6.26 Å². The van der Waals surface area contributed by atoms with Gasteiger partial charge in [-0.1, -0.05) is 30.0 Å². The minimum absolute atomic E-state index is 0.00297. The Balaban J connectivity index is 2.02. The largest absolute Gasteiger partial charge is 0.481 e. The van der Waals surface area contributed by atoms with Gasteiger partial charge < -0.3 is 9.67 Å². The van der Waals surface area contributed by atoms with E-state index in [0.717, 1.165) is 34.7 Å². The quantitative estimate of drug-likeness (QED) is 0.678. The molecule has 146 valence electrons. The van der Waals surface area contributed by atoms with Gasteiger partial charge in [0.15, 0.2) is 9.84 Å². The number of fused-ring (bicyclic) bond motifs is 3. The highest BCUT2D eigenvalue weighted by molar-refractivity contribution is 7.99. The molecule has 1 unspecified atom stereocenters. The van der Waals surface area contributed by atoms with Crippen molar-refractivity contribution in [1.82, 2.24) is 9.55 Å². The van der Waals surface area contributed by atoms with E-state index < -0.39 is 15.8 Å². The number of hydrogen-bond acceptors (Lipinski definition) is 5. The molecule has 1 aliphatic heterocycles. The van der Waals surface area contributed by atoms with Crippen LogP contribution in [0, 0.1) is 0 Å². The van der Waals surface area contributed by atoms with Gasteiger partial charge in [-0.25, -0.2) is 13.4 Å². The van der Waals surface area contributed by atoms with Crippen molar-refractivity contribution in [2.45, 2.75) is 46.4 Å². The lowest BCUT2D eigenvalue weighted by Crippen LogP contribution is -2.20. The van der Waals surface area contributed by atoms with Gasteiger partial charge in [-0.3, -0.25) is 4.79 Å². The number of carbonyl (C=O) groups is 1. The van der Waals surface area contributed by atoms with Crippen LogP contribution in [0.25, 0.3) is 11.0 Å². The molecular formula is C20H20N2O4S2. The molecule has 0 bridgehead atoms. The highest BCUT2D eigenvalue weighted by atomic mass is 32.2. The summed E-state index contributed by atoms with van der Waals surface area (Å²) < 4.78 is 26.9. The molecule has 0 radical (unpaired) electrons. The van der Waals surface area contributed by atoms with Crippen LogP contribution in [0.5, 0.6) is 0 Å². The zero-order valence-corrected chi connectivity index (χ0v) is 17.0. The molecule has 28 heavy (non-hydrogen) atoms. The first-order valence-electron chi connectivity index (χ1n) is 9.03. The zero-order valence-electron chi connectivity index (χ0n) is 15.3. The maximum atomic E-state index is 12.5. The first-order valence-corrected chi connectivity index (χ1v) is 11.7. The number of pyridine rings is 1. The minimum Gasteiger partial charge on any atom is -0.481 e. The molecule has 3 heterocycles. The standard InChI is InChI=1S/C20H20N2O4S2/c1-28(25,26)16-10-11-21-20-18(16)19(27-14-7-3-2-4-8-14)15-9-5-6-13(22(15)20)12-17(23)24/h2-4,7-8,10-11,13H,5-6,9,12H2,1H3,(H,23,24). The van der Waals surface area contributed by atoms with Crippen molar-refractivity contribution in [2.24, 2.45) is 0 Å². The second kappa shape index (κ2) is 7.25. The maximum Gasteiger partial charge on any atom is 0.305 e. The molecule has 1 N–H and O–H groups in total. The second-order valence-corrected chi connectivity index (χ2v) is 10.1. The van der Waals surface area contributed by atoms with Gasteiger partial charge in [0.05, 0.1) is 16.7 Å². The highest BCUT2D eigenvalue weighted by Crippen LogP contribution is 2.45. The number of benzene rings is 1. The predicted molar refractivity (Wildman–Crippen MR) is 108 cm³/mol. The van der Waals surface area contributed by atoms with Gasteiger partial charge >= 0.3 is 5.97 Å². The molecule has 1 atom stereocenters. The molecule has 3 aromatic rings. The van der Waals surface area contributed by atoms with Gasteiger partial charge in [-0.05, 0) is 37.5 Å². The molecule has 0 saturated heterocycles. The topological polar surface area (TPSA) is 89.3 Å². The summed E-state index contributed by atoms with van der Waals surface area (Å²) >= 11 is 1.52. The third-order valence-electron chi connectivity index (χ3n) is 4.99. The molecule has 0 saturated carbocycles. The van der Waals surface area contributed by atoms with E-state index in [0.29, 0.717) is 11.0 Å². The average Bonchev–Trinajstić information content (AvgIpc) is 2.96. The van der Waals surface area contributed by atoms with Crippen molar-refractivity contribution in [3.05, 3.63) is 48.3 Å². The van der Waals surface area contributed by atoms with E-state index in [4.69, 9.17) is 0 Å². The van der Waals surface area contributed by atoms with Crippen LogP contribution in [0.2, 0.25) is 0 Å². The minimum atomic E-state index is -3.47. The summed E-state index contributed by atoms with van der Waals surface area (Å²) in [5.74, 6) is -0.865. The predicted octanol–water partition coefficient (Wildman–Crippen LogP) is 3.94. The Bertz CT molecular complexity index is 1150. The van der Waals surface area contributed by atoms with Crippen LogP contribution >= 0.6 is 11.8 Å². The van der Waals surface area contributed by atoms with E-state index in [1.807, 2.05) is 34.9 Å². The van der Waals surface area contributed by atoms with E-state index in [1.54, 1.807) is 0 Å². The summed E-state index contributed by atoms with van der Waals surface area (Å²) in [6.45, 7) is 0. The molecule has 1 aliphatic rings. The summed E-state index contributed by atoms with van der Waals surface area (Å²) in [4.78, 5) is 18.0. The second-order valence-electron chi connectivity index (χ2n) is 6.98. The van der Waals surface area contributed by atoms with Gasteiger partial charge in [0, 0.05) is 34.0 Å². The van der Waals surface area contributed by atoms with Gasteiger partial charge in [-0.15, -0.1) is 0 Å². The number of rotatable bonds is 5. The van der Waals surface area contributed by atoms with Gasteiger partial charge in [0.1, 0.15) is 5.65 Å². The number of aromatic nitrogens is 2. The van der Waals surface area contributed by atoms with E-state index >= 15 is 0 Å². The van der Waals surface area contributed by atoms with Crippen LogP contribution in [-0.4, -0.2) is 35.3 Å². The van der Waals surface area contributed by atoms with E-state index in [9.17, 15) is 18.3 Å². The van der Waals surface area contributed by atoms with Crippen LogP contribution in [0.15, 0.2) is 57.3 Å². The van der Waals surface area contributed by atoms with Gasteiger partial charge in [0.25, 0.3) is 0 Å². The molecule has 0 amide bonds. The van der Waals surface area contributed by atoms with Crippen molar-refractivity contribution in [1.29, 1.82) is 0 Å². The zero-order chi connectivity index (χ0) is 19.9. The fourth-order valence-corrected chi connectivity index (χ4v) is 5.98. The van der Waals surface area contributed by atoms with Crippen LogP contribution in [-0.2, 0) is 21.1 Å². The van der Waals surface area contributed by atoms with Crippen molar-refractivity contribution < 1.29 is 18.3 Å². The van der Waals surface area contributed by atoms with Gasteiger partial charge in [-0.2, -0.15) is 0 Å². The first kappa shape index (κ1) is 19.0. The highest BCUT2D eigenvalue weighted by Gasteiger charge is 2.31. The van der Waals surface area contributed by atoms with Crippen LogP contribution in [0.4, 0.5) is 0 Å². The number of carboxylic acid groups (broad SMARTS) is 1. The molecule has 1 aromatic carbocycles. The fraction of sp³-hybridized carbons (Fsp3) is 0.300. The SMILES string of the molecule is CS(=O)(=O)c1ccnc2c1c(Sc1ccccc1)c1n2C(CC(=O)O)CCC1. The van der Waals surface area contributed by atoms with Gasteiger partial charge in [0.2, 0.25) is 0 Å². The molecule has 2 aromatic heterocycles. The average molecular weight is 417 g/mol. The first-order chi connectivity index (χ1) is 13.4. The van der Waals surface area contributed by atoms with Crippen molar-refractivity contribution >= 4 is 38.6 Å². The van der Waals surface area contributed by atoms with Crippen molar-refractivity contribution in [3.63, 3.8) is 0 Å². The number of aliphatic carboxylic acids is 1. The number of carboxylic acids is 1. The Hall–Kier alpha value is -2.32. The fourth-order valence-electron chi connectivity index (χ4n) is 3.89. The Labute approximate surface area is 167 Å². The molecule has 8 heteroatoms. The van der Waals surface area contributed by atoms with Crippen LogP contribution in [0.3, 0.4) is 0 Å². The van der Waals surface area contributed by atoms with E-state index in [-0.39, 0.29) is 17.4 Å². The third kappa shape index (κ3) is 3.42. The number of nitrogens with zero attached hydrogens (tertiary/aromatic N) is 2. The van der Waals surface area contributed by atoms with E-state index in [2.05, 4.69) is 4.98 Å². The Morgan fingerprint density at radius 1 is 1.29 bits per heavy atom. The normalized spacial score (nSPS) is 16.8. The Kier molecular flexibility index (Phi) is 4.93. The molecular weight excluding hydrogens is 396 g/mol. The van der Waals surface area contributed by atoms with E-state index in [1.165, 1.54) is 30.3 Å². The smallest absolute Gasteiger partial charge is 0.305 e. The van der Waals surface area contributed by atoms with Crippen LogP contribution in [0.1, 0.15) is 31.0 Å². The maximum absolute atomic E-state index is 12.5. The Morgan fingerprint density at radius 3 is 2.71 bits per heavy atom. The monoisotopic (exact) mass is 416 g/mol. The lowest BCUT2D eigenvalue weighted by molar-refractivity contribution is -0.138. The van der Waals surface area contributed by atoms with Crippen molar-refractivity contribution in [3.8, 4) is 0 Å². The number of sulfone groups is 1. The number of hydrogen-bond donors (Lipinski definition) is 1. The summed E-state index contributed by atoms with van der Waals surface area (Å²) in [6.07, 6.45) is 5.06.